The second kappa shape index (κ2) is 5.76. The topological polar surface area (TPSA) is 87.7 Å². The van der Waals surface area contributed by atoms with Crippen LogP contribution in [-0.2, 0) is 12.9 Å². The molecule has 0 aliphatic rings. The van der Waals surface area contributed by atoms with E-state index in [2.05, 4.69) is 20.5 Å². The van der Waals surface area contributed by atoms with Gasteiger partial charge in [-0.2, -0.15) is 0 Å². The SMILES string of the molecule is COc1ccc2nc(C)n(CSc3nnnn3C)c(=O)c2c1. The fraction of sp³-hybridized carbons (Fsp3) is 0.308. The van der Waals surface area contributed by atoms with Crippen molar-refractivity contribution in [2.45, 2.75) is 18.0 Å². The van der Waals surface area contributed by atoms with Crippen molar-refractivity contribution in [3.05, 3.63) is 34.4 Å². The molecule has 0 aliphatic heterocycles. The number of methoxy groups -OCH3 is 1. The number of benzene rings is 1. The minimum atomic E-state index is -0.107. The summed E-state index contributed by atoms with van der Waals surface area (Å²) in [7, 11) is 3.32. The Morgan fingerprint density at radius 1 is 1.36 bits per heavy atom. The lowest BCUT2D eigenvalue weighted by atomic mass is 10.2. The number of fused-ring (bicyclic) bond motifs is 1. The summed E-state index contributed by atoms with van der Waals surface area (Å²) in [4.78, 5) is 17.1. The van der Waals surface area contributed by atoms with Crippen LogP contribution in [0.1, 0.15) is 5.82 Å². The lowest BCUT2D eigenvalue weighted by molar-refractivity contribution is 0.415. The first-order chi connectivity index (χ1) is 10.6. The van der Waals surface area contributed by atoms with Gasteiger partial charge in [-0.1, -0.05) is 11.8 Å². The molecule has 0 amide bonds. The summed E-state index contributed by atoms with van der Waals surface area (Å²) >= 11 is 1.37. The highest BCUT2D eigenvalue weighted by Crippen LogP contribution is 2.19. The zero-order valence-corrected chi connectivity index (χ0v) is 13.2. The average Bonchev–Trinajstić information content (AvgIpc) is 2.92. The minimum absolute atomic E-state index is 0.107. The molecular weight excluding hydrogens is 304 g/mol. The van der Waals surface area contributed by atoms with Crippen molar-refractivity contribution in [1.29, 1.82) is 0 Å². The largest absolute Gasteiger partial charge is 0.497 e. The molecule has 0 unspecified atom stereocenters. The highest BCUT2D eigenvalue weighted by atomic mass is 32.2. The van der Waals surface area contributed by atoms with Crippen molar-refractivity contribution in [3.8, 4) is 5.75 Å². The van der Waals surface area contributed by atoms with Gasteiger partial charge in [0.1, 0.15) is 11.6 Å². The van der Waals surface area contributed by atoms with Crippen molar-refractivity contribution in [2.75, 3.05) is 7.11 Å². The van der Waals surface area contributed by atoms with Gasteiger partial charge in [0.2, 0.25) is 5.16 Å². The maximum atomic E-state index is 12.7. The zero-order valence-electron chi connectivity index (χ0n) is 12.3. The molecule has 0 spiro atoms. The number of hydrogen-bond donors (Lipinski definition) is 0. The summed E-state index contributed by atoms with van der Waals surface area (Å²) < 4.78 is 8.33. The molecule has 2 aromatic heterocycles. The normalized spacial score (nSPS) is 11.0. The first kappa shape index (κ1) is 14.5. The van der Waals surface area contributed by atoms with Gasteiger partial charge in [-0.05, 0) is 35.5 Å². The maximum absolute atomic E-state index is 12.7. The molecule has 9 heteroatoms. The van der Waals surface area contributed by atoms with Crippen LogP contribution in [0, 0.1) is 6.92 Å². The Bertz CT molecular complexity index is 888. The molecule has 0 radical (unpaired) electrons. The molecule has 8 nitrogen and oxygen atoms in total. The van der Waals surface area contributed by atoms with Gasteiger partial charge < -0.3 is 4.74 Å². The summed E-state index contributed by atoms with van der Waals surface area (Å²) in [5.74, 6) is 1.66. The predicted octanol–water partition coefficient (Wildman–Crippen LogP) is 0.987. The Hall–Kier alpha value is -2.42. The van der Waals surface area contributed by atoms with Crippen LogP contribution in [0.25, 0.3) is 10.9 Å². The third-order valence-electron chi connectivity index (χ3n) is 3.26. The van der Waals surface area contributed by atoms with E-state index < -0.39 is 0 Å². The van der Waals surface area contributed by atoms with Crippen molar-refractivity contribution in [1.82, 2.24) is 29.8 Å². The van der Waals surface area contributed by atoms with E-state index in [0.717, 1.165) is 0 Å². The number of hydrogen-bond acceptors (Lipinski definition) is 7. The van der Waals surface area contributed by atoms with E-state index in [1.807, 2.05) is 0 Å². The second-order valence-electron chi connectivity index (χ2n) is 4.63. The van der Waals surface area contributed by atoms with E-state index in [0.29, 0.717) is 33.5 Å². The summed E-state index contributed by atoms with van der Waals surface area (Å²) in [5, 5.41) is 12.4. The van der Waals surface area contributed by atoms with Crippen LogP contribution in [0.2, 0.25) is 0 Å². The fourth-order valence-electron chi connectivity index (χ4n) is 2.06. The number of ether oxygens (including phenoxy) is 1. The van der Waals surface area contributed by atoms with Crippen molar-refractivity contribution < 1.29 is 4.74 Å². The Labute approximate surface area is 130 Å². The monoisotopic (exact) mass is 318 g/mol. The number of rotatable bonds is 4. The lowest BCUT2D eigenvalue weighted by Gasteiger charge is -2.10. The summed E-state index contributed by atoms with van der Waals surface area (Å²) in [6.07, 6.45) is 0. The quantitative estimate of drug-likeness (QED) is 0.663. The van der Waals surface area contributed by atoms with Crippen LogP contribution in [-0.4, -0.2) is 36.9 Å². The van der Waals surface area contributed by atoms with Crippen molar-refractivity contribution in [2.24, 2.45) is 7.05 Å². The number of tetrazole rings is 1. The van der Waals surface area contributed by atoms with E-state index in [1.54, 1.807) is 48.5 Å². The summed E-state index contributed by atoms with van der Waals surface area (Å²) in [6, 6.07) is 5.28. The Kier molecular flexibility index (Phi) is 3.80. The fourth-order valence-corrected chi connectivity index (χ4v) is 2.92. The van der Waals surface area contributed by atoms with Crippen LogP contribution in [0.5, 0.6) is 5.75 Å². The van der Waals surface area contributed by atoms with Gasteiger partial charge in [-0.25, -0.2) is 9.67 Å². The molecule has 3 aromatic rings. The molecule has 0 aliphatic carbocycles. The number of thioether (sulfide) groups is 1. The Morgan fingerprint density at radius 2 is 2.18 bits per heavy atom. The lowest BCUT2D eigenvalue weighted by Crippen LogP contribution is -2.23. The molecule has 114 valence electrons. The van der Waals surface area contributed by atoms with E-state index >= 15 is 0 Å². The molecule has 1 aromatic carbocycles. The highest BCUT2D eigenvalue weighted by molar-refractivity contribution is 7.98. The standard InChI is InChI=1S/C13H14N6O2S/c1-8-14-11-5-4-9(21-3)6-10(11)12(20)19(8)7-22-13-15-16-17-18(13)2/h4-6H,7H2,1-3H3. The van der Waals surface area contributed by atoms with E-state index in [-0.39, 0.29) is 5.56 Å². The van der Waals surface area contributed by atoms with E-state index in [9.17, 15) is 4.79 Å². The van der Waals surface area contributed by atoms with Crippen LogP contribution in [0.4, 0.5) is 0 Å². The third kappa shape index (κ3) is 2.54. The molecular formula is C13H14N6O2S. The maximum Gasteiger partial charge on any atom is 0.262 e. The number of aryl methyl sites for hydroxylation is 2. The predicted molar refractivity (Wildman–Crippen MR) is 81.9 cm³/mol. The van der Waals surface area contributed by atoms with E-state index in [1.165, 1.54) is 11.8 Å². The van der Waals surface area contributed by atoms with Gasteiger partial charge in [-0.15, -0.1) is 5.10 Å². The van der Waals surface area contributed by atoms with Gasteiger partial charge >= 0.3 is 0 Å². The molecule has 0 fully saturated rings. The Balaban J connectivity index is 2.01. The zero-order chi connectivity index (χ0) is 15.7. The molecule has 0 saturated carbocycles. The number of aromatic nitrogens is 6. The van der Waals surface area contributed by atoms with Crippen LogP contribution in [0.3, 0.4) is 0 Å². The van der Waals surface area contributed by atoms with Gasteiger partial charge in [0.05, 0.1) is 23.9 Å². The summed E-state index contributed by atoms with van der Waals surface area (Å²) in [5.41, 5.74) is 0.550. The molecule has 0 bridgehead atoms. The molecule has 0 atom stereocenters. The summed E-state index contributed by atoms with van der Waals surface area (Å²) in [6.45, 7) is 1.81. The second-order valence-corrected chi connectivity index (χ2v) is 5.55. The van der Waals surface area contributed by atoms with Gasteiger partial charge in [0.15, 0.2) is 0 Å². The minimum Gasteiger partial charge on any atom is -0.497 e. The molecule has 0 N–H and O–H groups in total. The van der Waals surface area contributed by atoms with Gasteiger partial charge in [0, 0.05) is 7.05 Å². The highest BCUT2D eigenvalue weighted by Gasteiger charge is 2.11. The van der Waals surface area contributed by atoms with Crippen LogP contribution >= 0.6 is 11.8 Å². The van der Waals surface area contributed by atoms with Crippen molar-refractivity contribution >= 4 is 22.7 Å². The van der Waals surface area contributed by atoms with Gasteiger partial charge in [-0.3, -0.25) is 9.36 Å². The van der Waals surface area contributed by atoms with Crippen LogP contribution in [0.15, 0.2) is 28.2 Å². The molecule has 22 heavy (non-hydrogen) atoms. The van der Waals surface area contributed by atoms with E-state index in [4.69, 9.17) is 4.74 Å². The van der Waals surface area contributed by atoms with Crippen LogP contribution < -0.4 is 10.3 Å². The smallest absolute Gasteiger partial charge is 0.262 e. The molecule has 2 heterocycles. The molecule has 3 rings (SSSR count). The first-order valence-corrected chi connectivity index (χ1v) is 7.49. The Morgan fingerprint density at radius 3 is 2.86 bits per heavy atom. The third-order valence-corrected chi connectivity index (χ3v) is 4.25. The molecule has 0 saturated heterocycles. The first-order valence-electron chi connectivity index (χ1n) is 6.50. The number of nitrogens with zero attached hydrogens (tertiary/aromatic N) is 6. The average molecular weight is 318 g/mol. The van der Waals surface area contributed by atoms with Gasteiger partial charge in [0.25, 0.3) is 5.56 Å². The van der Waals surface area contributed by atoms with Crippen molar-refractivity contribution in [3.63, 3.8) is 0 Å².